The van der Waals surface area contributed by atoms with Gasteiger partial charge in [-0.15, -0.1) is 0 Å². The van der Waals surface area contributed by atoms with Gasteiger partial charge in [0.15, 0.2) is 11.3 Å². The normalized spacial score (nSPS) is 11.5. The lowest BCUT2D eigenvalue weighted by Crippen LogP contribution is -2.54. The van der Waals surface area contributed by atoms with E-state index in [-0.39, 0.29) is 5.91 Å². The van der Waals surface area contributed by atoms with Crippen molar-refractivity contribution < 1.29 is 4.79 Å². The van der Waals surface area contributed by atoms with Crippen LogP contribution >= 0.6 is 12.2 Å². The van der Waals surface area contributed by atoms with Gasteiger partial charge in [0, 0.05) is 31.5 Å². The fraction of sp³-hybridized carbons (Fsp3) is 0.467. The molecule has 1 unspecified atom stereocenters. The standard InChI is InChI=1S/C15H25N5OS/c1-5-20(6-2)12-9-7-11(8-10-12)18-15(22)19-13(16-3)14(21)17-4/h7-10,13,16H,5-6H2,1-4H3,(H,17,21)(H2,18,19,22). The molecule has 0 spiro atoms. The van der Waals surface area contributed by atoms with E-state index in [1.165, 1.54) is 5.69 Å². The van der Waals surface area contributed by atoms with Crippen molar-refractivity contribution in [1.82, 2.24) is 16.0 Å². The van der Waals surface area contributed by atoms with Gasteiger partial charge in [0.05, 0.1) is 0 Å². The van der Waals surface area contributed by atoms with Crippen molar-refractivity contribution in [1.29, 1.82) is 0 Å². The third-order valence-electron chi connectivity index (χ3n) is 3.33. The minimum Gasteiger partial charge on any atom is -0.372 e. The Labute approximate surface area is 137 Å². The molecule has 0 aromatic heterocycles. The van der Waals surface area contributed by atoms with Crippen LogP contribution in [-0.2, 0) is 4.79 Å². The molecule has 1 rings (SSSR count). The minimum absolute atomic E-state index is 0.177. The Morgan fingerprint density at radius 1 is 1.18 bits per heavy atom. The predicted octanol–water partition coefficient (Wildman–Crippen LogP) is 1.11. The highest BCUT2D eigenvalue weighted by Gasteiger charge is 2.15. The van der Waals surface area contributed by atoms with Gasteiger partial charge in [-0.05, 0) is 57.4 Å². The fourth-order valence-corrected chi connectivity index (χ4v) is 2.29. The van der Waals surface area contributed by atoms with E-state index in [1.54, 1.807) is 14.1 Å². The summed E-state index contributed by atoms with van der Waals surface area (Å²) >= 11 is 5.22. The number of likely N-dealkylation sites (N-methyl/N-ethyl adjacent to an activating group) is 2. The number of carbonyl (C=O) groups excluding carboxylic acids is 1. The van der Waals surface area contributed by atoms with Gasteiger partial charge in [-0.2, -0.15) is 0 Å². The Morgan fingerprint density at radius 2 is 1.77 bits per heavy atom. The molecule has 0 aliphatic rings. The van der Waals surface area contributed by atoms with Crippen molar-refractivity contribution in [2.45, 2.75) is 20.0 Å². The van der Waals surface area contributed by atoms with Crippen molar-refractivity contribution >= 4 is 34.6 Å². The molecule has 0 aliphatic carbocycles. The molecule has 1 aromatic rings. The first-order valence-electron chi connectivity index (χ1n) is 7.37. The van der Waals surface area contributed by atoms with E-state index < -0.39 is 6.17 Å². The summed E-state index contributed by atoms with van der Waals surface area (Å²) in [4.78, 5) is 13.9. The third kappa shape index (κ3) is 5.16. The SMILES string of the molecule is CCN(CC)c1ccc(NC(=S)NC(NC)C(=O)NC)cc1. The van der Waals surface area contributed by atoms with Gasteiger partial charge in [-0.1, -0.05) is 0 Å². The molecule has 22 heavy (non-hydrogen) atoms. The molecule has 0 radical (unpaired) electrons. The van der Waals surface area contributed by atoms with E-state index in [0.29, 0.717) is 5.11 Å². The molecule has 0 heterocycles. The second-order valence-corrected chi connectivity index (χ2v) is 5.06. The Bertz CT molecular complexity index is 487. The van der Waals surface area contributed by atoms with Gasteiger partial charge < -0.3 is 20.9 Å². The number of nitrogens with one attached hydrogen (secondary N) is 4. The number of hydrogen-bond acceptors (Lipinski definition) is 4. The Morgan fingerprint density at radius 3 is 2.23 bits per heavy atom. The highest BCUT2D eigenvalue weighted by molar-refractivity contribution is 7.80. The Kier molecular flexibility index (Phi) is 7.62. The van der Waals surface area contributed by atoms with Crippen LogP contribution in [0.25, 0.3) is 0 Å². The smallest absolute Gasteiger partial charge is 0.257 e. The molecule has 0 fully saturated rings. The summed E-state index contributed by atoms with van der Waals surface area (Å²) in [5.41, 5.74) is 2.05. The number of nitrogens with zero attached hydrogens (tertiary/aromatic N) is 1. The van der Waals surface area contributed by atoms with Crippen LogP contribution in [0.5, 0.6) is 0 Å². The second kappa shape index (κ2) is 9.22. The van der Waals surface area contributed by atoms with E-state index in [9.17, 15) is 4.79 Å². The maximum atomic E-state index is 11.6. The lowest BCUT2D eigenvalue weighted by Gasteiger charge is -2.22. The molecule has 4 N–H and O–H groups in total. The molecule has 1 aromatic carbocycles. The molecule has 0 aliphatic heterocycles. The van der Waals surface area contributed by atoms with E-state index >= 15 is 0 Å². The van der Waals surface area contributed by atoms with Crippen molar-refractivity contribution in [3.63, 3.8) is 0 Å². The summed E-state index contributed by atoms with van der Waals surface area (Å²) in [7, 11) is 3.27. The van der Waals surface area contributed by atoms with E-state index in [0.717, 1.165) is 18.8 Å². The van der Waals surface area contributed by atoms with Crippen molar-refractivity contribution in [3.8, 4) is 0 Å². The Hall–Kier alpha value is -1.86. The van der Waals surface area contributed by atoms with E-state index in [4.69, 9.17) is 12.2 Å². The quantitative estimate of drug-likeness (QED) is 0.445. The lowest BCUT2D eigenvalue weighted by molar-refractivity contribution is -0.122. The minimum atomic E-state index is -0.569. The van der Waals surface area contributed by atoms with Crippen LogP contribution in [0.4, 0.5) is 11.4 Å². The number of thiocarbonyl (C=S) groups is 1. The average Bonchev–Trinajstić information content (AvgIpc) is 2.54. The zero-order valence-corrected chi connectivity index (χ0v) is 14.4. The molecule has 1 atom stereocenters. The lowest BCUT2D eigenvalue weighted by atomic mass is 10.2. The zero-order valence-electron chi connectivity index (χ0n) is 13.6. The number of carbonyl (C=O) groups is 1. The van der Waals surface area contributed by atoms with Crippen molar-refractivity contribution in [2.75, 3.05) is 37.4 Å². The van der Waals surface area contributed by atoms with Crippen LogP contribution in [0.1, 0.15) is 13.8 Å². The highest BCUT2D eigenvalue weighted by Crippen LogP contribution is 2.17. The van der Waals surface area contributed by atoms with Crippen molar-refractivity contribution in [3.05, 3.63) is 24.3 Å². The van der Waals surface area contributed by atoms with Crippen LogP contribution in [0.2, 0.25) is 0 Å². The second-order valence-electron chi connectivity index (χ2n) is 4.65. The zero-order chi connectivity index (χ0) is 16.5. The summed E-state index contributed by atoms with van der Waals surface area (Å²) in [6, 6.07) is 8.03. The summed E-state index contributed by atoms with van der Waals surface area (Å²) in [5.74, 6) is -0.177. The molecule has 7 heteroatoms. The monoisotopic (exact) mass is 323 g/mol. The summed E-state index contributed by atoms with van der Waals surface area (Å²) < 4.78 is 0. The number of amides is 1. The molecule has 0 bridgehead atoms. The topological polar surface area (TPSA) is 68.4 Å². The summed E-state index contributed by atoms with van der Waals surface area (Å²) in [6.45, 7) is 6.20. The van der Waals surface area contributed by atoms with Gasteiger partial charge in [-0.3, -0.25) is 10.1 Å². The number of hydrogen-bond donors (Lipinski definition) is 4. The van der Waals surface area contributed by atoms with Crippen LogP contribution < -0.4 is 26.2 Å². The first-order valence-corrected chi connectivity index (χ1v) is 7.77. The predicted molar refractivity (Wildman–Crippen MR) is 96.3 cm³/mol. The van der Waals surface area contributed by atoms with Crippen LogP contribution in [-0.4, -0.2) is 44.4 Å². The molecular weight excluding hydrogens is 298 g/mol. The molecular formula is C15H25N5OS. The first kappa shape index (κ1) is 18.2. The number of anilines is 2. The number of rotatable bonds is 7. The molecule has 122 valence electrons. The number of benzene rings is 1. The van der Waals surface area contributed by atoms with Gasteiger partial charge in [-0.25, -0.2) is 0 Å². The fourth-order valence-electron chi connectivity index (χ4n) is 2.06. The third-order valence-corrected chi connectivity index (χ3v) is 3.55. The van der Waals surface area contributed by atoms with Crippen LogP contribution in [0.15, 0.2) is 24.3 Å². The van der Waals surface area contributed by atoms with Crippen LogP contribution in [0.3, 0.4) is 0 Å². The van der Waals surface area contributed by atoms with E-state index in [2.05, 4.69) is 40.0 Å². The molecule has 6 nitrogen and oxygen atoms in total. The summed E-state index contributed by atoms with van der Waals surface area (Å²) in [5, 5.41) is 11.8. The van der Waals surface area contributed by atoms with Crippen molar-refractivity contribution in [2.24, 2.45) is 0 Å². The Balaban J connectivity index is 2.63. The van der Waals surface area contributed by atoms with Gasteiger partial charge in [0.2, 0.25) is 0 Å². The molecule has 1 amide bonds. The van der Waals surface area contributed by atoms with Crippen LogP contribution in [0, 0.1) is 0 Å². The van der Waals surface area contributed by atoms with Gasteiger partial charge >= 0.3 is 0 Å². The molecule has 0 saturated heterocycles. The maximum Gasteiger partial charge on any atom is 0.257 e. The highest BCUT2D eigenvalue weighted by atomic mass is 32.1. The van der Waals surface area contributed by atoms with E-state index in [1.807, 2.05) is 24.3 Å². The summed E-state index contributed by atoms with van der Waals surface area (Å²) in [6.07, 6.45) is -0.569. The van der Waals surface area contributed by atoms with Gasteiger partial charge in [0.25, 0.3) is 5.91 Å². The first-order chi connectivity index (χ1) is 10.5. The average molecular weight is 323 g/mol. The maximum absolute atomic E-state index is 11.6. The molecule has 0 saturated carbocycles. The van der Waals surface area contributed by atoms with Gasteiger partial charge in [0.1, 0.15) is 0 Å². The largest absolute Gasteiger partial charge is 0.372 e.